The smallest absolute Gasteiger partial charge is 0.226 e. The predicted molar refractivity (Wildman–Crippen MR) is 108 cm³/mol. The molecule has 1 N–H and O–H groups in total. The van der Waals surface area contributed by atoms with Gasteiger partial charge in [0.05, 0.1) is 0 Å². The number of piperidine rings is 1. The van der Waals surface area contributed by atoms with Crippen LogP contribution in [0.25, 0.3) is 11.1 Å². The van der Waals surface area contributed by atoms with E-state index in [1.807, 2.05) is 18.0 Å². The second kappa shape index (κ2) is 7.81. The highest BCUT2D eigenvalue weighted by Crippen LogP contribution is 2.59. The third-order valence-corrected chi connectivity index (χ3v) is 5.97. The highest BCUT2D eigenvalue weighted by molar-refractivity contribution is 5.85. The van der Waals surface area contributed by atoms with Gasteiger partial charge in [0.25, 0.3) is 0 Å². The molecule has 4 rings (SSSR count). The normalized spacial score (nSPS) is 20.3. The Bertz CT molecular complexity index is 756. The van der Waals surface area contributed by atoms with Crippen LogP contribution < -0.4 is 5.32 Å². The average molecular weight is 371 g/mol. The van der Waals surface area contributed by atoms with Crippen LogP contribution in [0.15, 0.2) is 54.6 Å². The lowest BCUT2D eigenvalue weighted by Crippen LogP contribution is -2.34. The molecule has 1 amide bonds. The van der Waals surface area contributed by atoms with Crippen molar-refractivity contribution in [3.8, 4) is 11.1 Å². The van der Waals surface area contributed by atoms with Crippen LogP contribution in [0.2, 0.25) is 0 Å². The van der Waals surface area contributed by atoms with Crippen LogP contribution in [-0.2, 0) is 11.3 Å². The number of carbonyl (C=O) groups excluding carboxylic acids is 1. The molecule has 1 aliphatic heterocycles. The molecule has 2 aliphatic rings. The molecule has 2 aromatic carbocycles. The number of nitrogens with zero attached hydrogens (tertiary/aromatic N) is 1. The monoisotopic (exact) mass is 370 g/mol. The molecule has 3 nitrogen and oxygen atoms in total. The summed E-state index contributed by atoms with van der Waals surface area (Å²) in [7, 11) is 1.96. The molecule has 0 bridgehead atoms. The van der Waals surface area contributed by atoms with Gasteiger partial charge >= 0.3 is 0 Å². The van der Waals surface area contributed by atoms with E-state index in [1.165, 1.54) is 16.7 Å². The quantitative estimate of drug-likeness (QED) is 0.877. The van der Waals surface area contributed by atoms with E-state index in [4.69, 9.17) is 0 Å². The lowest BCUT2D eigenvalue weighted by Gasteiger charge is -2.25. The molecule has 2 aromatic rings. The summed E-state index contributed by atoms with van der Waals surface area (Å²) in [4.78, 5) is 14.9. The maximum absolute atomic E-state index is 12.9. The Kier molecular flexibility index (Phi) is 5.69. The third kappa shape index (κ3) is 3.65. The van der Waals surface area contributed by atoms with Crippen LogP contribution >= 0.6 is 12.4 Å². The van der Waals surface area contributed by atoms with Gasteiger partial charge in [0.1, 0.15) is 0 Å². The van der Waals surface area contributed by atoms with Gasteiger partial charge in [-0.15, -0.1) is 12.4 Å². The maximum atomic E-state index is 12.9. The van der Waals surface area contributed by atoms with E-state index < -0.39 is 0 Å². The number of halogens is 1. The van der Waals surface area contributed by atoms with Crippen LogP contribution in [0, 0.1) is 11.3 Å². The van der Waals surface area contributed by atoms with Gasteiger partial charge in [-0.05, 0) is 54.5 Å². The molecule has 4 heteroatoms. The molecule has 138 valence electrons. The van der Waals surface area contributed by atoms with E-state index >= 15 is 0 Å². The number of benzene rings is 2. The first-order chi connectivity index (χ1) is 12.2. The molecule has 1 saturated heterocycles. The molecule has 1 spiro atoms. The van der Waals surface area contributed by atoms with Crippen molar-refractivity contribution in [3.05, 3.63) is 60.2 Å². The summed E-state index contributed by atoms with van der Waals surface area (Å²) in [5.41, 5.74) is 3.94. The summed E-state index contributed by atoms with van der Waals surface area (Å²) in [5, 5.41) is 3.41. The van der Waals surface area contributed by atoms with Crippen molar-refractivity contribution in [2.24, 2.45) is 11.3 Å². The standard InChI is InChI=1S/C22H26N2O.ClH/c1-24(21(25)20-15-22(20)11-13-23-14-12-22)16-18-9-5-6-10-19(18)17-7-3-2-4-8-17;/h2-10,20,23H,11-16H2,1H3;1H. The van der Waals surface area contributed by atoms with Crippen LogP contribution in [0.4, 0.5) is 0 Å². The van der Waals surface area contributed by atoms with Gasteiger partial charge in [0, 0.05) is 19.5 Å². The maximum Gasteiger partial charge on any atom is 0.226 e. The average Bonchev–Trinajstić information content (AvgIpc) is 3.35. The second-order valence-electron chi connectivity index (χ2n) is 7.59. The van der Waals surface area contributed by atoms with Crippen LogP contribution in [0.1, 0.15) is 24.8 Å². The van der Waals surface area contributed by atoms with Crippen LogP contribution in [-0.4, -0.2) is 30.9 Å². The Morgan fingerprint density at radius 1 is 1.08 bits per heavy atom. The van der Waals surface area contributed by atoms with Gasteiger partial charge in [0.2, 0.25) is 5.91 Å². The first kappa shape index (κ1) is 18.9. The first-order valence-corrected chi connectivity index (χ1v) is 9.29. The van der Waals surface area contributed by atoms with Crippen LogP contribution in [0.3, 0.4) is 0 Å². The highest BCUT2D eigenvalue weighted by atomic mass is 35.5. The molecule has 1 heterocycles. The zero-order valence-electron chi connectivity index (χ0n) is 15.3. The van der Waals surface area contributed by atoms with E-state index in [0.29, 0.717) is 17.9 Å². The lowest BCUT2D eigenvalue weighted by atomic mass is 9.91. The van der Waals surface area contributed by atoms with Crippen molar-refractivity contribution in [1.29, 1.82) is 0 Å². The zero-order valence-corrected chi connectivity index (χ0v) is 16.1. The number of hydrogen-bond donors (Lipinski definition) is 1. The predicted octanol–water partition coefficient (Wildman–Crippen LogP) is 4.12. The SMILES string of the molecule is CN(Cc1ccccc1-c1ccccc1)C(=O)C1CC12CCNCC2.Cl. The number of carbonyl (C=O) groups is 1. The molecular weight excluding hydrogens is 344 g/mol. The van der Waals surface area contributed by atoms with Gasteiger partial charge < -0.3 is 10.2 Å². The van der Waals surface area contributed by atoms with Gasteiger partial charge in [-0.25, -0.2) is 0 Å². The van der Waals surface area contributed by atoms with E-state index in [9.17, 15) is 4.79 Å². The molecule has 1 atom stereocenters. The molecular formula is C22H27ClN2O. The van der Waals surface area contributed by atoms with Crippen molar-refractivity contribution < 1.29 is 4.79 Å². The van der Waals surface area contributed by atoms with Gasteiger partial charge in [-0.3, -0.25) is 4.79 Å². The summed E-state index contributed by atoms with van der Waals surface area (Å²) in [6.45, 7) is 2.80. The van der Waals surface area contributed by atoms with Crippen LogP contribution in [0.5, 0.6) is 0 Å². The summed E-state index contributed by atoms with van der Waals surface area (Å²) < 4.78 is 0. The van der Waals surface area contributed by atoms with Crippen molar-refractivity contribution in [1.82, 2.24) is 10.2 Å². The highest BCUT2D eigenvalue weighted by Gasteiger charge is 2.58. The molecule has 2 fully saturated rings. The minimum atomic E-state index is 0. The fourth-order valence-electron chi connectivity index (χ4n) is 4.33. The fourth-order valence-corrected chi connectivity index (χ4v) is 4.33. The Morgan fingerprint density at radius 3 is 2.46 bits per heavy atom. The largest absolute Gasteiger partial charge is 0.341 e. The zero-order chi connectivity index (χ0) is 17.3. The molecule has 1 unspecified atom stereocenters. The Hall–Kier alpha value is -1.84. The molecule has 26 heavy (non-hydrogen) atoms. The van der Waals surface area contributed by atoms with E-state index in [0.717, 1.165) is 32.4 Å². The minimum Gasteiger partial charge on any atom is -0.341 e. The first-order valence-electron chi connectivity index (χ1n) is 9.29. The Balaban J connectivity index is 0.00000196. The summed E-state index contributed by atoms with van der Waals surface area (Å²) in [6, 6.07) is 18.8. The number of nitrogens with one attached hydrogen (secondary N) is 1. The molecule has 1 aliphatic carbocycles. The number of hydrogen-bond acceptors (Lipinski definition) is 2. The van der Waals surface area contributed by atoms with Gasteiger partial charge in [0.15, 0.2) is 0 Å². The van der Waals surface area contributed by atoms with Gasteiger partial charge in [-0.2, -0.15) is 0 Å². The van der Waals surface area contributed by atoms with Gasteiger partial charge in [-0.1, -0.05) is 54.6 Å². The Labute approximate surface area is 162 Å². The van der Waals surface area contributed by atoms with Crippen molar-refractivity contribution in [2.75, 3.05) is 20.1 Å². The second-order valence-corrected chi connectivity index (χ2v) is 7.59. The summed E-state index contributed by atoms with van der Waals surface area (Å²) >= 11 is 0. The fraction of sp³-hybridized carbons (Fsp3) is 0.409. The molecule has 1 saturated carbocycles. The summed E-state index contributed by atoms with van der Waals surface area (Å²) in [6.07, 6.45) is 3.38. The topological polar surface area (TPSA) is 32.3 Å². The van der Waals surface area contributed by atoms with Crippen molar-refractivity contribution in [2.45, 2.75) is 25.8 Å². The van der Waals surface area contributed by atoms with E-state index in [2.05, 4.69) is 53.8 Å². The van der Waals surface area contributed by atoms with Crippen molar-refractivity contribution in [3.63, 3.8) is 0 Å². The molecule has 0 radical (unpaired) electrons. The number of rotatable bonds is 4. The minimum absolute atomic E-state index is 0. The van der Waals surface area contributed by atoms with E-state index in [1.54, 1.807) is 0 Å². The molecule has 0 aromatic heterocycles. The lowest BCUT2D eigenvalue weighted by molar-refractivity contribution is -0.132. The number of amides is 1. The Morgan fingerprint density at radius 2 is 1.73 bits per heavy atom. The summed E-state index contributed by atoms with van der Waals surface area (Å²) in [5.74, 6) is 0.563. The van der Waals surface area contributed by atoms with Crippen molar-refractivity contribution >= 4 is 18.3 Å². The third-order valence-electron chi connectivity index (χ3n) is 5.97. The van der Waals surface area contributed by atoms with E-state index in [-0.39, 0.29) is 18.3 Å².